The summed E-state index contributed by atoms with van der Waals surface area (Å²) < 4.78 is 11.5. The quantitative estimate of drug-likeness (QED) is 0.557. The van der Waals surface area contributed by atoms with Gasteiger partial charge < -0.3 is 0 Å². The zero-order valence-corrected chi connectivity index (χ0v) is 10.7. The van der Waals surface area contributed by atoms with Crippen molar-refractivity contribution in [2.45, 2.75) is 3.79 Å². The summed E-state index contributed by atoms with van der Waals surface area (Å²) in [4.78, 5) is 11.9. The first-order valence-electron chi connectivity index (χ1n) is 4.70. The average Bonchev–Trinajstić information content (AvgIpc) is 2.28. The number of halogens is 4. The Kier molecular flexibility index (Phi) is 3.30. The zero-order valence-electron chi connectivity index (χ0n) is 8.38. The summed E-state index contributed by atoms with van der Waals surface area (Å²) in [6, 6.07) is 9.06. The van der Waals surface area contributed by atoms with Gasteiger partial charge in [0.2, 0.25) is 5.78 Å². The Balaban J connectivity index is 2.72. The van der Waals surface area contributed by atoms with E-state index in [4.69, 9.17) is 34.8 Å². The molecule has 0 spiro atoms. The van der Waals surface area contributed by atoms with Gasteiger partial charge in [0, 0.05) is 10.9 Å². The van der Waals surface area contributed by atoms with Crippen molar-refractivity contribution < 1.29 is 9.18 Å². The van der Waals surface area contributed by atoms with E-state index in [9.17, 15) is 9.18 Å². The van der Waals surface area contributed by atoms with Crippen molar-refractivity contribution >= 4 is 51.4 Å². The van der Waals surface area contributed by atoms with E-state index in [0.29, 0.717) is 10.8 Å². The summed E-state index contributed by atoms with van der Waals surface area (Å²) in [5.41, 5.74) is 0.196. The van der Waals surface area contributed by atoms with Gasteiger partial charge in [0.15, 0.2) is 0 Å². The minimum Gasteiger partial charge on any atom is -0.289 e. The molecule has 0 aliphatic heterocycles. The van der Waals surface area contributed by atoms with Gasteiger partial charge in [-0.15, -0.1) is 0 Å². The van der Waals surface area contributed by atoms with E-state index in [1.54, 1.807) is 24.3 Å². The molecule has 2 aromatic carbocycles. The Hall–Kier alpha value is -0.830. The van der Waals surface area contributed by atoms with Crippen LogP contribution >= 0.6 is 34.8 Å². The molecule has 0 amide bonds. The van der Waals surface area contributed by atoms with Crippen LogP contribution in [0.1, 0.15) is 10.4 Å². The molecule has 0 aliphatic carbocycles. The largest absolute Gasteiger partial charge is 0.289 e. The maximum atomic E-state index is 13.5. The van der Waals surface area contributed by atoms with E-state index in [1.165, 1.54) is 12.1 Å². The average molecular weight is 292 g/mol. The summed E-state index contributed by atoms with van der Waals surface area (Å²) in [6.45, 7) is 0. The monoisotopic (exact) mass is 290 g/mol. The lowest BCUT2D eigenvalue weighted by Gasteiger charge is -2.12. The smallest absolute Gasteiger partial charge is 0.253 e. The number of alkyl halides is 3. The first kappa shape index (κ1) is 12.6. The van der Waals surface area contributed by atoms with E-state index < -0.39 is 15.4 Å². The van der Waals surface area contributed by atoms with Crippen LogP contribution in [-0.4, -0.2) is 9.58 Å². The molecule has 0 saturated carbocycles. The van der Waals surface area contributed by atoms with E-state index in [1.807, 2.05) is 0 Å². The van der Waals surface area contributed by atoms with Crippen LogP contribution in [0.15, 0.2) is 36.4 Å². The number of benzene rings is 2. The number of rotatable bonds is 1. The molecule has 17 heavy (non-hydrogen) atoms. The highest BCUT2D eigenvalue weighted by Gasteiger charge is 2.32. The first-order valence-corrected chi connectivity index (χ1v) is 5.83. The number of hydrogen-bond donors (Lipinski definition) is 0. The van der Waals surface area contributed by atoms with Crippen molar-refractivity contribution in [1.82, 2.24) is 0 Å². The molecular formula is C12H6Cl3FO. The fourth-order valence-electron chi connectivity index (χ4n) is 1.61. The second-order valence-electron chi connectivity index (χ2n) is 3.47. The second kappa shape index (κ2) is 4.45. The molecule has 0 unspecified atom stereocenters. The Bertz CT molecular complexity index is 590. The highest BCUT2D eigenvalue weighted by Crippen LogP contribution is 2.33. The fourth-order valence-corrected chi connectivity index (χ4v) is 1.92. The molecule has 5 heteroatoms. The van der Waals surface area contributed by atoms with Gasteiger partial charge in [-0.05, 0) is 17.5 Å². The third-order valence-corrected chi connectivity index (χ3v) is 2.89. The lowest BCUT2D eigenvalue weighted by Crippen LogP contribution is -2.19. The van der Waals surface area contributed by atoms with Gasteiger partial charge in [-0.25, -0.2) is 4.39 Å². The first-order chi connectivity index (χ1) is 7.91. The van der Waals surface area contributed by atoms with Gasteiger partial charge >= 0.3 is 0 Å². The third kappa shape index (κ3) is 2.39. The molecule has 0 heterocycles. The van der Waals surface area contributed by atoms with Gasteiger partial charge in [0.25, 0.3) is 3.79 Å². The van der Waals surface area contributed by atoms with Crippen LogP contribution in [-0.2, 0) is 0 Å². The predicted molar refractivity (Wildman–Crippen MR) is 68.5 cm³/mol. The molecule has 0 radical (unpaired) electrons. The fraction of sp³-hybridized carbons (Fsp3) is 0.0833. The molecule has 1 nitrogen and oxygen atoms in total. The standard InChI is InChI=1S/C12H6Cl3FO/c13-12(14,15)11(17)9-5-6-10(16)8-4-2-1-3-7(8)9/h1-6H. The Morgan fingerprint density at radius 2 is 1.59 bits per heavy atom. The summed E-state index contributed by atoms with van der Waals surface area (Å²) in [5.74, 6) is -1.08. The van der Waals surface area contributed by atoms with E-state index in [0.717, 1.165) is 0 Å². The number of carbonyl (C=O) groups is 1. The van der Waals surface area contributed by atoms with Crippen molar-refractivity contribution in [1.29, 1.82) is 0 Å². The topological polar surface area (TPSA) is 17.1 Å². The van der Waals surface area contributed by atoms with Gasteiger partial charge in [0.05, 0.1) is 0 Å². The van der Waals surface area contributed by atoms with Gasteiger partial charge in [-0.3, -0.25) is 4.79 Å². The van der Waals surface area contributed by atoms with Gasteiger partial charge in [-0.1, -0.05) is 59.1 Å². The molecule has 0 N–H and O–H groups in total. The zero-order chi connectivity index (χ0) is 12.6. The van der Waals surface area contributed by atoms with Crippen molar-refractivity contribution in [3.8, 4) is 0 Å². The second-order valence-corrected chi connectivity index (χ2v) is 5.75. The van der Waals surface area contributed by atoms with E-state index in [2.05, 4.69) is 0 Å². The van der Waals surface area contributed by atoms with Crippen LogP contribution in [0.25, 0.3) is 10.8 Å². The molecule has 0 aliphatic rings. The van der Waals surface area contributed by atoms with Crippen LogP contribution in [0.2, 0.25) is 0 Å². The predicted octanol–water partition coefficient (Wildman–Crippen LogP) is 4.53. The van der Waals surface area contributed by atoms with Crippen molar-refractivity contribution in [3.05, 3.63) is 47.8 Å². The number of hydrogen-bond acceptors (Lipinski definition) is 1. The number of fused-ring (bicyclic) bond motifs is 1. The molecule has 88 valence electrons. The Morgan fingerprint density at radius 1 is 1.00 bits per heavy atom. The maximum absolute atomic E-state index is 13.5. The van der Waals surface area contributed by atoms with Crippen LogP contribution in [0.3, 0.4) is 0 Å². The Morgan fingerprint density at radius 3 is 2.18 bits per heavy atom. The minimum atomic E-state index is -2.04. The normalized spacial score (nSPS) is 11.8. The molecule has 2 rings (SSSR count). The third-order valence-electron chi connectivity index (χ3n) is 2.37. The summed E-state index contributed by atoms with van der Waals surface area (Å²) >= 11 is 16.6. The summed E-state index contributed by atoms with van der Waals surface area (Å²) in [5, 5.41) is 0.761. The lowest BCUT2D eigenvalue weighted by molar-refractivity contribution is 0.0998. The molecule has 0 aromatic heterocycles. The van der Waals surface area contributed by atoms with E-state index in [-0.39, 0.29) is 5.56 Å². The number of carbonyl (C=O) groups excluding carboxylic acids is 1. The van der Waals surface area contributed by atoms with Crippen LogP contribution in [0.5, 0.6) is 0 Å². The number of Topliss-reactive ketones (excluding diaryl/α,β-unsaturated/α-hetero) is 1. The molecule has 0 fully saturated rings. The van der Waals surface area contributed by atoms with Gasteiger partial charge in [-0.2, -0.15) is 0 Å². The van der Waals surface area contributed by atoms with Crippen LogP contribution < -0.4 is 0 Å². The molecular weight excluding hydrogens is 285 g/mol. The Labute approximate surface area is 112 Å². The number of ketones is 1. The van der Waals surface area contributed by atoms with Crippen molar-refractivity contribution in [3.63, 3.8) is 0 Å². The van der Waals surface area contributed by atoms with Gasteiger partial charge in [0.1, 0.15) is 5.82 Å². The highest BCUT2D eigenvalue weighted by molar-refractivity contribution is 6.77. The van der Waals surface area contributed by atoms with Crippen LogP contribution in [0.4, 0.5) is 4.39 Å². The highest BCUT2D eigenvalue weighted by atomic mass is 35.6. The molecule has 2 aromatic rings. The minimum absolute atomic E-state index is 0.196. The summed E-state index contributed by atoms with van der Waals surface area (Å²) in [6.07, 6.45) is 0. The molecule has 0 saturated heterocycles. The van der Waals surface area contributed by atoms with E-state index >= 15 is 0 Å². The lowest BCUT2D eigenvalue weighted by atomic mass is 10.0. The SMILES string of the molecule is O=C(c1ccc(F)c2ccccc12)C(Cl)(Cl)Cl. The van der Waals surface area contributed by atoms with Crippen LogP contribution in [0, 0.1) is 5.82 Å². The summed E-state index contributed by atoms with van der Waals surface area (Å²) in [7, 11) is 0. The van der Waals surface area contributed by atoms with Crippen molar-refractivity contribution in [2.24, 2.45) is 0 Å². The maximum Gasteiger partial charge on any atom is 0.253 e. The molecule has 0 bridgehead atoms. The molecule has 0 atom stereocenters. The van der Waals surface area contributed by atoms with Crippen molar-refractivity contribution in [2.75, 3.05) is 0 Å².